The zero-order valence-electron chi connectivity index (χ0n) is 23.7. The maximum Gasteiger partial charge on any atom is 0.256 e. The summed E-state index contributed by atoms with van der Waals surface area (Å²) in [6.45, 7) is 7.38. The predicted octanol–water partition coefficient (Wildman–Crippen LogP) is 6.01. The fraction of sp³-hybridized carbons (Fsp3) is 0.394. The van der Waals surface area contributed by atoms with E-state index in [1.54, 1.807) is 23.5 Å². The van der Waals surface area contributed by atoms with Crippen molar-refractivity contribution >= 4 is 34.1 Å². The molecule has 216 valence electrons. The largest absolute Gasteiger partial charge is 0.355 e. The number of thiophene rings is 1. The van der Waals surface area contributed by atoms with Crippen LogP contribution in [0.4, 0.5) is 4.39 Å². The molecule has 4 heterocycles. The molecule has 8 heteroatoms. The molecular formula is C33H39FN4O2S. The number of carbonyl (C=O) groups is 2. The first-order valence-electron chi connectivity index (χ1n) is 14.5. The first kappa shape index (κ1) is 29.0. The van der Waals surface area contributed by atoms with Crippen LogP contribution < -0.4 is 5.32 Å². The number of nitrogens with one attached hydrogen (secondary N) is 1. The molecule has 0 spiro atoms. The normalized spacial score (nSPS) is 17.8. The minimum absolute atomic E-state index is 0.0504. The summed E-state index contributed by atoms with van der Waals surface area (Å²) in [6, 6.07) is 18.9. The van der Waals surface area contributed by atoms with Crippen molar-refractivity contribution in [1.29, 1.82) is 0 Å². The van der Waals surface area contributed by atoms with Crippen molar-refractivity contribution in [2.75, 3.05) is 39.3 Å². The molecule has 0 unspecified atom stereocenters. The van der Waals surface area contributed by atoms with E-state index < -0.39 is 0 Å². The lowest BCUT2D eigenvalue weighted by Crippen LogP contribution is -2.38. The summed E-state index contributed by atoms with van der Waals surface area (Å²) >= 11 is 1.71. The summed E-state index contributed by atoms with van der Waals surface area (Å²) < 4.78 is 15.3. The van der Waals surface area contributed by atoms with Gasteiger partial charge in [-0.15, -0.1) is 0 Å². The highest BCUT2D eigenvalue weighted by Crippen LogP contribution is 2.30. The van der Waals surface area contributed by atoms with E-state index in [1.807, 2.05) is 70.4 Å². The van der Waals surface area contributed by atoms with Gasteiger partial charge in [-0.2, -0.15) is 11.3 Å². The Labute approximate surface area is 245 Å². The molecule has 4 aromatic rings. The second kappa shape index (κ2) is 13.9. The number of piperidine rings is 1. The number of carbonyl (C=O) groups excluding carboxylic acids is 2. The molecule has 6 nitrogen and oxygen atoms in total. The SMILES string of the molecule is CC(=O)NCCn1ccc2cccc(C(=O)N3CC[C@H](CN4CCC(c5ccc(F)cc5)CC4)C3)c21.c1ccsc1. The Morgan fingerprint density at radius 2 is 1.71 bits per heavy atom. The van der Waals surface area contributed by atoms with E-state index in [1.165, 1.54) is 12.5 Å². The second-order valence-electron chi connectivity index (χ2n) is 11.1. The van der Waals surface area contributed by atoms with Crippen molar-refractivity contribution in [2.45, 2.75) is 38.6 Å². The molecule has 2 fully saturated rings. The van der Waals surface area contributed by atoms with E-state index in [0.717, 1.165) is 68.5 Å². The number of likely N-dealkylation sites (tertiary alicyclic amines) is 2. The van der Waals surface area contributed by atoms with Crippen molar-refractivity contribution in [2.24, 2.45) is 5.92 Å². The Bertz CT molecular complexity index is 1390. The van der Waals surface area contributed by atoms with Gasteiger partial charge in [0.25, 0.3) is 5.91 Å². The van der Waals surface area contributed by atoms with E-state index >= 15 is 0 Å². The van der Waals surface area contributed by atoms with Gasteiger partial charge in [0, 0.05) is 51.2 Å². The van der Waals surface area contributed by atoms with Crippen molar-refractivity contribution in [1.82, 2.24) is 19.7 Å². The molecule has 2 aliphatic rings. The van der Waals surface area contributed by atoms with Gasteiger partial charge in [-0.25, -0.2) is 4.39 Å². The summed E-state index contributed by atoms with van der Waals surface area (Å²) in [6.07, 6.45) is 5.21. The topological polar surface area (TPSA) is 57.6 Å². The molecule has 41 heavy (non-hydrogen) atoms. The number of hydrogen-bond acceptors (Lipinski definition) is 4. The molecule has 2 aliphatic heterocycles. The molecule has 0 aliphatic carbocycles. The van der Waals surface area contributed by atoms with Crippen LogP contribution in [-0.2, 0) is 11.3 Å². The third-order valence-corrected chi connectivity index (χ3v) is 8.82. The molecule has 2 aromatic heterocycles. The Balaban J connectivity index is 0.000000610. The smallest absolute Gasteiger partial charge is 0.256 e. The van der Waals surface area contributed by atoms with Crippen LogP contribution in [0.1, 0.15) is 48.0 Å². The highest BCUT2D eigenvalue weighted by Gasteiger charge is 2.30. The second-order valence-corrected chi connectivity index (χ2v) is 11.9. The lowest BCUT2D eigenvalue weighted by Gasteiger charge is -2.33. The molecule has 0 saturated carbocycles. The summed E-state index contributed by atoms with van der Waals surface area (Å²) in [7, 11) is 0. The Hall–Kier alpha value is -3.49. The van der Waals surface area contributed by atoms with Crippen molar-refractivity contribution in [3.63, 3.8) is 0 Å². The summed E-state index contributed by atoms with van der Waals surface area (Å²) in [5.74, 6) is 0.863. The van der Waals surface area contributed by atoms with Gasteiger partial charge in [0.15, 0.2) is 0 Å². The first-order valence-corrected chi connectivity index (χ1v) is 15.5. The van der Waals surface area contributed by atoms with Gasteiger partial charge in [0.1, 0.15) is 5.82 Å². The molecule has 0 bridgehead atoms. The summed E-state index contributed by atoms with van der Waals surface area (Å²) in [5, 5.41) is 7.96. The number of hydrogen-bond donors (Lipinski definition) is 1. The standard InChI is InChI=1S/C29H35FN4O2.C4H4S/c1-21(35)31-13-18-33-17-12-25-3-2-4-27(28(25)33)29(36)34-16-9-22(20-34)19-32-14-10-24(11-15-32)23-5-7-26(30)8-6-23;1-2-4-5-3-1/h2-8,12,17,22,24H,9-11,13-16,18-20H2,1H3,(H,31,35);1-4H/t22-;/m1./s1. The monoisotopic (exact) mass is 574 g/mol. The van der Waals surface area contributed by atoms with Gasteiger partial charge >= 0.3 is 0 Å². The predicted molar refractivity (Wildman–Crippen MR) is 164 cm³/mol. The molecular weight excluding hydrogens is 535 g/mol. The van der Waals surface area contributed by atoms with Gasteiger partial charge in [-0.3, -0.25) is 9.59 Å². The molecule has 2 saturated heterocycles. The molecule has 2 amide bonds. The lowest BCUT2D eigenvalue weighted by atomic mass is 9.89. The maximum absolute atomic E-state index is 13.6. The van der Waals surface area contributed by atoms with Gasteiger partial charge < -0.3 is 19.7 Å². The van der Waals surface area contributed by atoms with Gasteiger partial charge in [0.05, 0.1) is 11.1 Å². The minimum Gasteiger partial charge on any atom is -0.355 e. The van der Waals surface area contributed by atoms with E-state index in [9.17, 15) is 14.0 Å². The number of amides is 2. The Kier molecular flexibility index (Phi) is 9.85. The number of halogens is 1. The quantitative estimate of drug-likeness (QED) is 0.294. The van der Waals surface area contributed by atoms with Crippen LogP contribution in [-0.4, -0.2) is 65.4 Å². The average molecular weight is 575 g/mol. The number of aromatic nitrogens is 1. The average Bonchev–Trinajstić information content (AvgIpc) is 3.77. The number of benzene rings is 2. The van der Waals surface area contributed by atoms with Crippen molar-refractivity contribution < 1.29 is 14.0 Å². The number of para-hydroxylation sites is 1. The molecule has 1 N–H and O–H groups in total. The summed E-state index contributed by atoms with van der Waals surface area (Å²) in [5.41, 5.74) is 2.92. The van der Waals surface area contributed by atoms with Gasteiger partial charge in [-0.05, 0) is 84.8 Å². The fourth-order valence-corrected chi connectivity index (χ4v) is 6.54. The highest BCUT2D eigenvalue weighted by molar-refractivity contribution is 7.07. The molecule has 0 radical (unpaired) electrons. The zero-order chi connectivity index (χ0) is 28.6. The molecule has 6 rings (SSSR count). The fourth-order valence-electron chi connectivity index (χ4n) is 6.08. The maximum atomic E-state index is 13.6. The first-order chi connectivity index (χ1) is 20.0. The van der Waals surface area contributed by atoms with Crippen LogP contribution in [0, 0.1) is 11.7 Å². The Morgan fingerprint density at radius 3 is 2.39 bits per heavy atom. The number of fused-ring (bicyclic) bond motifs is 1. The van der Waals surface area contributed by atoms with Gasteiger partial charge in [0.2, 0.25) is 5.91 Å². The summed E-state index contributed by atoms with van der Waals surface area (Å²) in [4.78, 5) is 29.4. The highest BCUT2D eigenvalue weighted by atomic mass is 32.1. The Morgan fingerprint density at radius 1 is 0.951 bits per heavy atom. The van der Waals surface area contributed by atoms with Gasteiger partial charge in [-0.1, -0.05) is 36.4 Å². The number of nitrogens with zero attached hydrogens (tertiary/aromatic N) is 3. The van der Waals surface area contributed by atoms with E-state index in [4.69, 9.17) is 0 Å². The molecule has 2 aromatic carbocycles. The third kappa shape index (κ3) is 7.63. The van der Waals surface area contributed by atoms with Crippen LogP contribution >= 0.6 is 11.3 Å². The van der Waals surface area contributed by atoms with Crippen LogP contribution in [0.5, 0.6) is 0 Å². The minimum atomic E-state index is -0.175. The van der Waals surface area contributed by atoms with Crippen LogP contribution in [0.25, 0.3) is 10.9 Å². The van der Waals surface area contributed by atoms with Crippen LogP contribution in [0.3, 0.4) is 0 Å². The third-order valence-electron chi connectivity index (χ3n) is 8.19. The lowest BCUT2D eigenvalue weighted by molar-refractivity contribution is -0.118. The van der Waals surface area contributed by atoms with Crippen LogP contribution in [0.15, 0.2) is 77.6 Å². The van der Waals surface area contributed by atoms with Crippen molar-refractivity contribution in [3.05, 3.63) is 94.6 Å². The zero-order valence-corrected chi connectivity index (χ0v) is 24.5. The van der Waals surface area contributed by atoms with Crippen molar-refractivity contribution in [3.8, 4) is 0 Å². The molecule has 1 atom stereocenters. The van der Waals surface area contributed by atoms with E-state index in [2.05, 4.69) is 14.8 Å². The number of rotatable bonds is 7. The van der Waals surface area contributed by atoms with Crippen LogP contribution in [0.2, 0.25) is 0 Å². The van der Waals surface area contributed by atoms with E-state index in [0.29, 0.717) is 24.9 Å². The van der Waals surface area contributed by atoms with E-state index in [-0.39, 0.29) is 17.6 Å².